The van der Waals surface area contributed by atoms with Crippen molar-refractivity contribution >= 4 is 23.2 Å². The summed E-state index contributed by atoms with van der Waals surface area (Å²) >= 11 is 0. The minimum atomic E-state index is -1.65. The number of rotatable bonds is 9. The number of ether oxygens (including phenoxy) is 2. The fraction of sp³-hybridized carbons (Fsp3) is 0.438. The Morgan fingerprint density at radius 3 is 2.49 bits per heavy atom. The van der Waals surface area contributed by atoms with Gasteiger partial charge in [0.15, 0.2) is 11.9 Å². The highest BCUT2D eigenvalue weighted by molar-refractivity contribution is 5.80. The maximum absolute atomic E-state index is 14.9. The lowest BCUT2D eigenvalue weighted by Gasteiger charge is -2.43. The van der Waals surface area contributed by atoms with Crippen molar-refractivity contribution in [1.29, 1.82) is 5.26 Å². The molecular weight excluding hydrogens is 584 g/mol. The number of anilines is 3. The van der Waals surface area contributed by atoms with Gasteiger partial charge in [-0.3, -0.25) is 9.69 Å². The monoisotopic (exact) mass is 619 g/mol. The van der Waals surface area contributed by atoms with E-state index in [-0.39, 0.29) is 23.3 Å². The molecule has 236 valence electrons. The van der Waals surface area contributed by atoms with E-state index in [2.05, 4.69) is 31.2 Å². The fourth-order valence-corrected chi connectivity index (χ4v) is 5.81. The Labute approximate surface area is 260 Å². The Morgan fingerprint density at radius 2 is 1.84 bits per heavy atom. The zero-order valence-corrected chi connectivity index (χ0v) is 24.7. The van der Waals surface area contributed by atoms with Gasteiger partial charge in [-0.2, -0.15) is 5.26 Å². The van der Waals surface area contributed by atoms with E-state index in [1.807, 2.05) is 24.3 Å². The van der Waals surface area contributed by atoms with Gasteiger partial charge in [-0.05, 0) is 42.5 Å². The number of aromatic nitrogens is 2. The summed E-state index contributed by atoms with van der Waals surface area (Å²) in [6.45, 7) is 5.07. The number of likely N-dealkylation sites (tertiary alicyclic amines) is 1. The molecule has 4 heterocycles. The highest BCUT2D eigenvalue weighted by atomic mass is 19.1. The van der Waals surface area contributed by atoms with E-state index in [1.54, 1.807) is 12.1 Å². The summed E-state index contributed by atoms with van der Waals surface area (Å²) in [6, 6.07) is 15.4. The van der Waals surface area contributed by atoms with E-state index in [0.717, 1.165) is 57.0 Å². The van der Waals surface area contributed by atoms with Crippen LogP contribution in [0, 0.1) is 17.1 Å². The van der Waals surface area contributed by atoms with Crippen LogP contribution in [-0.2, 0) is 9.53 Å². The Hall–Kier alpha value is -4.38. The van der Waals surface area contributed by atoms with E-state index in [9.17, 15) is 23.9 Å². The molecule has 3 saturated heterocycles. The number of hydrogen-bond acceptors (Lipinski definition) is 10. The second-order valence-electron chi connectivity index (χ2n) is 11.4. The van der Waals surface area contributed by atoms with E-state index in [0.29, 0.717) is 43.3 Å². The van der Waals surface area contributed by atoms with Crippen LogP contribution in [0.25, 0.3) is 11.3 Å². The van der Waals surface area contributed by atoms with Crippen LogP contribution in [0.1, 0.15) is 18.4 Å². The van der Waals surface area contributed by atoms with E-state index in [4.69, 9.17) is 9.47 Å². The number of halogens is 2. The highest BCUT2D eigenvalue weighted by Crippen LogP contribution is 2.30. The molecule has 0 aliphatic carbocycles. The predicted molar refractivity (Wildman–Crippen MR) is 162 cm³/mol. The molecule has 0 bridgehead atoms. The van der Waals surface area contributed by atoms with Gasteiger partial charge in [0.05, 0.1) is 31.0 Å². The van der Waals surface area contributed by atoms with Gasteiger partial charge in [-0.25, -0.2) is 18.7 Å². The molecule has 1 amide bonds. The van der Waals surface area contributed by atoms with Gasteiger partial charge >= 0.3 is 0 Å². The van der Waals surface area contributed by atoms with Crippen LogP contribution in [0.4, 0.5) is 26.1 Å². The lowest BCUT2D eigenvalue weighted by molar-refractivity contribution is -0.142. The molecule has 13 heteroatoms. The Morgan fingerprint density at radius 1 is 1.11 bits per heavy atom. The summed E-state index contributed by atoms with van der Waals surface area (Å²) in [5.74, 6) is -0.719. The topological polar surface area (TPSA) is 127 Å². The summed E-state index contributed by atoms with van der Waals surface area (Å²) < 4.78 is 38.9. The number of aliphatic hydroxyl groups excluding tert-OH is 1. The first-order chi connectivity index (χ1) is 21.9. The summed E-state index contributed by atoms with van der Waals surface area (Å²) in [6.07, 6.45) is 0.0844. The van der Waals surface area contributed by atoms with Crippen LogP contribution < -0.4 is 15.0 Å². The first kappa shape index (κ1) is 30.6. The van der Waals surface area contributed by atoms with Gasteiger partial charge in [-0.1, -0.05) is 0 Å². The molecule has 0 spiro atoms. The normalized spacial score (nSPS) is 18.6. The third-order valence-corrected chi connectivity index (χ3v) is 8.54. The summed E-state index contributed by atoms with van der Waals surface area (Å²) in [5, 5.41) is 22.4. The number of piperazine rings is 1. The second-order valence-corrected chi connectivity index (χ2v) is 11.4. The number of alkyl halides is 1. The standard InChI is InChI=1S/C32H35F2N7O4/c33-16-28(42)31(43)41-9-7-26(8-10-41)45-29-6-1-21(15-22(29)17-35)30-27(34)18-36-32(38-30)37-23-2-4-24(5-3-23)39-11-13-40(14-12-39)25-19-44-20-25/h1-6,15,18,25-26,28,42H,7-14,16,19-20H2,(H,36,37,38)/t28-/m1/s1. The molecule has 0 saturated carbocycles. The zero-order chi connectivity index (χ0) is 31.3. The van der Waals surface area contributed by atoms with Crippen molar-refractivity contribution in [3.8, 4) is 23.1 Å². The number of aliphatic hydroxyl groups is 1. The molecule has 2 N–H and O–H groups in total. The summed E-state index contributed by atoms with van der Waals surface area (Å²) in [7, 11) is 0. The van der Waals surface area contributed by atoms with Crippen LogP contribution in [0.2, 0.25) is 0 Å². The molecular formula is C32H35F2N7O4. The number of piperidine rings is 1. The van der Waals surface area contributed by atoms with Crippen LogP contribution in [-0.4, -0.2) is 108 Å². The van der Waals surface area contributed by atoms with Crippen molar-refractivity contribution in [3.05, 3.63) is 60.0 Å². The molecule has 3 fully saturated rings. The third kappa shape index (κ3) is 6.98. The average molecular weight is 620 g/mol. The van der Waals surface area contributed by atoms with Crippen LogP contribution in [0.15, 0.2) is 48.7 Å². The van der Waals surface area contributed by atoms with Crippen molar-refractivity contribution in [2.24, 2.45) is 0 Å². The second kappa shape index (κ2) is 13.7. The quantitative estimate of drug-likeness (QED) is 0.369. The lowest BCUT2D eigenvalue weighted by atomic mass is 10.1. The van der Waals surface area contributed by atoms with Gasteiger partial charge in [0.1, 0.15) is 30.3 Å². The molecule has 3 aromatic rings. The number of nitriles is 1. The minimum Gasteiger partial charge on any atom is -0.489 e. The van der Waals surface area contributed by atoms with E-state index < -0.39 is 24.5 Å². The fourth-order valence-electron chi connectivity index (χ4n) is 5.81. The Kier molecular flexibility index (Phi) is 9.34. The van der Waals surface area contributed by atoms with Crippen LogP contribution >= 0.6 is 0 Å². The van der Waals surface area contributed by atoms with Gasteiger partial charge in [0.25, 0.3) is 5.91 Å². The van der Waals surface area contributed by atoms with Crippen molar-refractivity contribution in [1.82, 2.24) is 19.8 Å². The Bertz CT molecular complexity index is 1530. The number of hydrogen-bond donors (Lipinski definition) is 2. The number of carbonyl (C=O) groups excluding carboxylic acids is 1. The van der Waals surface area contributed by atoms with Gasteiger partial charge in [-0.15, -0.1) is 0 Å². The highest BCUT2D eigenvalue weighted by Gasteiger charge is 2.30. The molecule has 1 atom stereocenters. The minimum absolute atomic E-state index is 0.0418. The Balaban J connectivity index is 1.08. The van der Waals surface area contributed by atoms with Crippen molar-refractivity contribution in [3.63, 3.8) is 0 Å². The molecule has 3 aliphatic rings. The first-order valence-corrected chi connectivity index (χ1v) is 15.1. The number of nitrogens with zero attached hydrogens (tertiary/aromatic N) is 6. The molecule has 45 heavy (non-hydrogen) atoms. The van der Waals surface area contributed by atoms with E-state index >= 15 is 0 Å². The third-order valence-electron chi connectivity index (χ3n) is 8.54. The molecule has 3 aliphatic heterocycles. The van der Waals surface area contributed by atoms with Crippen molar-refractivity contribution < 1.29 is 28.2 Å². The van der Waals surface area contributed by atoms with Crippen LogP contribution in [0.5, 0.6) is 5.75 Å². The molecule has 1 aromatic heterocycles. The molecule has 0 radical (unpaired) electrons. The summed E-state index contributed by atoms with van der Waals surface area (Å²) in [5.41, 5.74) is 2.54. The number of nitrogens with one attached hydrogen (secondary N) is 1. The number of carbonyl (C=O) groups is 1. The lowest BCUT2D eigenvalue weighted by Crippen LogP contribution is -2.56. The maximum atomic E-state index is 14.9. The number of benzene rings is 2. The predicted octanol–water partition coefficient (Wildman–Crippen LogP) is 3.12. The maximum Gasteiger partial charge on any atom is 0.254 e. The molecule has 11 nitrogen and oxygen atoms in total. The van der Waals surface area contributed by atoms with Crippen LogP contribution in [0.3, 0.4) is 0 Å². The average Bonchev–Trinajstić information content (AvgIpc) is 3.05. The molecule has 0 unspecified atom stereocenters. The molecule has 2 aromatic carbocycles. The van der Waals surface area contributed by atoms with Gasteiger partial charge in [0, 0.05) is 69.0 Å². The first-order valence-electron chi connectivity index (χ1n) is 15.1. The smallest absolute Gasteiger partial charge is 0.254 e. The SMILES string of the molecule is N#Cc1cc(-c2nc(Nc3ccc(N4CCN(C5COC5)CC4)cc3)ncc2F)ccc1OC1CCN(C(=O)[C@H](O)CF)CC1. The van der Waals surface area contributed by atoms with Crippen molar-refractivity contribution in [2.75, 3.05) is 69.4 Å². The molecule has 6 rings (SSSR count). The largest absolute Gasteiger partial charge is 0.489 e. The van der Waals surface area contributed by atoms with Gasteiger partial charge < -0.3 is 29.7 Å². The van der Waals surface area contributed by atoms with Gasteiger partial charge in [0.2, 0.25) is 5.95 Å². The summed E-state index contributed by atoms with van der Waals surface area (Å²) in [4.78, 5) is 26.8. The number of amides is 1. The van der Waals surface area contributed by atoms with E-state index in [1.165, 1.54) is 11.0 Å². The zero-order valence-electron chi connectivity index (χ0n) is 24.7. The van der Waals surface area contributed by atoms with Crippen molar-refractivity contribution in [2.45, 2.75) is 31.1 Å².